The van der Waals surface area contributed by atoms with Crippen molar-refractivity contribution in [2.45, 2.75) is 6.92 Å². The molecule has 0 amide bonds. The Labute approximate surface area is 50.2 Å². The molecule has 0 aliphatic heterocycles. The van der Waals surface area contributed by atoms with E-state index in [-0.39, 0.29) is 0 Å². The van der Waals surface area contributed by atoms with Crippen LogP contribution in [-0.4, -0.2) is 0 Å². The molecule has 0 nitrogen and oxygen atoms in total. The fourth-order valence-corrected chi connectivity index (χ4v) is 0.850. The molecule has 1 atom stereocenters. The fraction of sp³-hybridized carbons (Fsp3) is 0.250. The maximum absolute atomic E-state index is 3.68. The van der Waals surface area contributed by atoms with Gasteiger partial charge in [0.25, 0.3) is 0 Å². The van der Waals surface area contributed by atoms with E-state index in [0.717, 1.165) is 0 Å². The van der Waals surface area contributed by atoms with Gasteiger partial charge in [-0.05, 0) is 11.5 Å². The molecule has 0 aromatic rings. The van der Waals surface area contributed by atoms with Crippen LogP contribution >= 0.6 is 0 Å². The first-order chi connectivity index (χ1) is 3.84. The number of hydrogen-bond acceptors (Lipinski definition) is 0. The molecule has 0 aromatic carbocycles. The van der Waals surface area contributed by atoms with Crippen molar-refractivity contribution in [1.29, 1.82) is 0 Å². The number of hydrogen-bond donors (Lipinski definition) is 0. The van der Waals surface area contributed by atoms with E-state index in [2.05, 4.69) is 31.7 Å². The Balaban J connectivity index is 2.72. The molecule has 0 radical (unpaired) electrons. The van der Waals surface area contributed by atoms with E-state index in [1.807, 2.05) is 6.08 Å². The number of rotatable bonds is 1. The van der Waals surface area contributed by atoms with Gasteiger partial charge in [-0.25, -0.2) is 0 Å². The molecule has 1 aliphatic rings. The molecule has 1 aliphatic carbocycles. The zero-order valence-electron chi connectivity index (χ0n) is 5.09. The molecule has 1 unspecified atom stereocenters. The molecule has 1 rings (SSSR count). The minimum absolute atomic E-state index is 0.590. The van der Waals surface area contributed by atoms with Gasteiger partial charge in [0.2, 0.25) is 0 Å². The Morgan fingerprint density at radius 1 is 1.75 bits per heavy atom. The van der Waals surface area contributed by atoms with Crippen molar-refractivity contribution in [2.24, 2.45) is 5.92 Å². The van der Waals surface area contributed by atoms with E-state index >= 15 is 0 Å². The summed E-state index contributed by atoms with van der Waals surface area (Å²) in [4.78, 5) is 0. The molecule has 0 bridgehead atoms. The normalized spacial score (nSPS) is 25.6. The predicted octanol–water partition coefficient (Wildman–Crippen LogP) is 2.30. The average molecular weight is 106 g/mol. The maximum atomic E-state index is 3.68. The van der Waals surface area contributed by atoms with Crippen LogP contribution in [0.15, 0.2) is 36.5 Å². The van der Waals surface area contributed by atoms with E-state index in [1.54, 1.807) is 0 Å². The lowest BCUT2D eigenvalue weighted by Crippen LogP contribution is -1.85. The summed E-state index contributed by atoms with van der Waals surface area (Å²) >= 11 is 0. The van der Waals surface area contributed by atoms with Gasteiger partial charge in [0.05, 0.1) is 0 Å². The van der Waals surface area contributed by atoms with Crippen molar-refractivity contribution in [3.05, 3.63) is 36.5 Å². The summed E-state index contributed by atoms with van der Waals surface area (Å²) in [5.74, 6) is 0.590. The quantitative estimate of drug-likeness (QED) is 0.481. The van der Waals surface area contributed by atoms with Gasteiger partial charge in [0.1, 0.15) is 0 Å². The summed E-state index contributed by atoms with van der Waals surface area (Å²) in [5, 5.41) is 0. The summed E-state index contributed by atoms with van der Waals surface area (Å²) in [5.41, 5.74) is 1.32. The topological polar surface area (TPSA) is 0 Å². The van der Waals surface area contributed by atoms with E-state index in [9.17, 15) is 0 Å². The molecule has 0 spiro atoms. The second-order valence-corrected chi connectivity index (χ2v) is 2.04. The van der Waals surface area contributed by atoms with E-state index in [4.69, 9.17) is 0 Å². The third-order valence-electron chi connectivity index (χ3n) is 1.45. The van der Waals surface area contributed by atoms with Crippen LogP contribution in [0.1, 0.15) is 6.92 Å². The molecular weight excluding hydrogens is 96.1 g/mol. The van der Waals surface area contributed by atoms with Crippen LogP contribution in [0, 0.1) is 5.92 Å². The molecule has 0 fully saturated rings. The van der Waals surface area contributed by atoms with Crippen molar-refractivity contribution < 1.29 is 0 Å². The van der Waals surface area contributed by atoms with Gasteiger partial charge in [-0.2, -0.15) is 0 Å². The zero-order chi connectivity index (χ0) is 5.98. The largest absolute Gasteiger partial charge is 0.0988 e. The highest BCUT2D eigenvalue weighted by Gasteiger charge is 2.02. The average Bonchev–Trinajstić information content (AvgIpc) is 2.14. The molecule has 0 saturated carbocycles. The zero-order valence-corrected chi connectivity index (χ0v) is 5.09. The molecule has 42 valence electrons. The Morgan fingerprint density at radius 3 is 2.75 bits per heavy atom. The summed E-state index contributed by atoms with van der Waals surface area (Å²) in [6.45, 7) is 5.85. The first-order valence-electron chi connectivity index (χ1n) is 2.85. The van der Waals surface area contributed by atoms with Gasteiger partial charge >= 0.3 is 0 Å². The van der Waals surface area contributed by atoms with E-state index in [1.165, 1.54) is 5.57 Å². The van der Waals surface area contributed by atoms with Gasteiger partial charge in [-0.3, -0.25) is 0 Å². The summed E-state index contributed by atoms with van der Waals surface area (Å²) < 4.78 is 0. The Hall–Kier alpha value is -0.780. The van der Waals surface area contributed by atoms with Gasteiger partial charge < -0.3 is 0 Å². The molecule has 0 heterocycles. The summed E-state index contributed by atoms with van der Waals surface area (Å²) in [6.07, 6.45) is 8.24. The molecule has 0 aromatic heterocycles. The standard InChI is InChI=1S/C8H10/c1-3-8-6-4-5-7(8)2/h3-7H,1H2,2H3. The van der Waals surface area contributed by atoms with Crippen LogP contribution in [-0.2, 0) is 0 Å². The summed E-state index contributed by atoms with van der Waals surface area (Å²) in [7, 11) is 0. The lowest BCUT2D eigenvalue weighted by atomic mass is 10.1. The van der Waals surface area contributed by atoms with Crippen molar-refractivity contribution in [1.82, 2.24) is 0 Å². The van der Waals surface area contributed by atoms with Gasteiger partial charge in [0.15, 0.2) is 0 Å². The van der Waals surface area contributed by atoms with Gasteiger partial charge in [0, 0.05) is 0 Å². The van der Waals surface area contributed by atoms with Crippen molar-refractivity contribution >= 4 is 0 Å². The van der Waals surface area contributed by atoms with E-state index < -0.39 is 0 Å². The van der Waals surface area contributed by atoms with Crippen LogP contribution in [0.4, 0.5) is 0 Å². The van der Waals surface area contributed by atoms with Crippen molar-refractivity contribution in [2.75, 3.05) is 0 Å². The SMILES string of the molecule is C=CC1=CC=CC1C. The van der Waals surface area contributed by atoms with Crippen LogP contribution in [0.5, 0.6) is 0 Å². The Kier molecular flexibility index (Phi) is 1.34. The molecule has 0 heteroatoms. The van der Waals surface area contributed by atoms with Crippen molar-refractivity contribution in [3.8, 4) is 0 Å². The predicted molar refractivity (Wildman–Crippen MR) is 36.6 cm³/mol. The minimum atomic E-state index is 0.590. The second kappa shape index (κ2) is 1.99. The lowest BCUT2D eigenvalue weighted by Gasteiger charge is -1.98. The highest BCUT2D eigenvalue weighted by molar-refractivity contribution is 5.33. The smallest absolute Gasteiger partial charge is 0.000753 e. The highest BCUT2D eigenvalue weighted by atomic mass is 14.1. The van der Waals surface area contributed by atoms with Crippen LogP contribution in [0.2, 0.25) is 0 Å². The van der Waals surface area contributed by atoms with Crippen molar-refractivity contribution in [3.63, 3.8) is 0 Å². The van der Waals surface area contributed by atoms with Crippen LogP contribution in [0.3, 0.4) is 0 Å². The molecule has 0 saturated heterocycles. The van der Waals surface area contributed by atoms with Gasteiger partial charge in [-0.15, -0.1) is 0 Å². The van der Waals surface area contributed by atoms with Crippen LogP contribution in [0.25, 0.3) is 0 Å². The Morgan fingerprint density at radius 2 is 2.50 bits per heavy atom. The first-order valence-corrected chi connectivity index (χ1v) is 2.85. The maximum Gasteiger partial charge on any atom is -0.000753 e. The third kappa shape index (κ3) is 0.738. The fourth-order valence-electron chi connectivity index (χ4n) is 0.850. The third-order valence-corrected chi connectivity index (χ3v) is 1.45. The highest BCUT2D eigenvalue weighted by Crippen LogP contribution is 2.18. The molecule has 0 N–H and O–H groups in total. The van der Waals surface area contributed by atoms with Gasteiger partial charge in [-0.1, -0.05) is 37.8 Å². The minimum Gasteiger partial charge on any atom is -0.0988 e. The molecular formula is C8H10. The second-order valence-electron chi connectivity index (χ2n) is 2.04. The number of allylic oxidation sites excluding steroid dienone is 5. The first kappa shape index (κ1) is 5.36. The van der Waals surface area contributed by atoms with Crippen LogP contribution < -0.4 is 0 Å². The summed E-state index contributed by atoms with van der Waals surface area (Å²) in [6, 6.07) is 0. The lowest BCUT2D eigenvalue weighted by molar-refractivity contribution is 0.911. The molecule has 8 heavy (non-hydrogen) atoms. The van der Waals surface area contributed by atoms with E-state index in [0.29, 0.717) is 5.92 Å². The Bertz CT molecular complexity index is 149. The monoisotopic (exact) mass is 106 g/mol.